The molecule has 0 aliphatic heterocycles. The van der Waals surface area contributed by atoms with Crippen LogP contribution >= 0.6 is 8.25 Å². The van der Waals surface area contributed by atoms with Crippen molar-refractivity contribution in [2.75, 3.05) is 12.3 Å². The molecule has 1 atom stereocenters. The molecule has 0 fully saturated rings. The van der Waals surface area contributed by atoms with E-state index in [-0.39, 0.29) is 6.61 Å². The van der Waals surface area contributed by atoms with Crippen molar-refractivity contribution < 1.29 is 14.0 Å². The van der Waals surface area contributed by atoms with Crippen molar-refractivity contribution in [3.05, 3.63) is 48.0 Å². The Morgan fingerprint density at radius 3 is 2.75 bits per heavy atom. The van der Waals surface area contributed by atoms with Crippen molar-refractivity contribution in [2.45, 2.75) is 19.4 Å². The monoisotopic (exact) mass is 346 g/mol. The largest absolute Gasteiger partial charge is 0.694 e. The second-order valence-corrected chi connectivity index (χ2v) is 5.90. The number of fused-ring (bicyclic) bond motifs is 1. The first kappa shape index (κ1) is 16.4. The zero-order chi connectivity index (χ0) is 16.9. The van der Waals surface area contributed by atoms with E-state index in [1.165, 1.54) is 11.9 Å². The van der Waals surface area contributed by atoms with Crippen LogP contribution in [0.2, 0.25) is 0 Å². The van der Waals surface area contributed by atoms with E-state index >= 15 is 0 Å². The minimum Gasteiger partial charge on any atom is -0.382 e. The maximum atomic E-state index is 10.7. The molecule has 2 aromatic heterocycles. The zero-order valence-electron chi connectivity index (χ0n) is 12.9. The number of nitrogens with zero attached hydrogens (tertiary/aromatic N) is 4. The predicted molar refractivity (Wildman–Crippen MR) is 89.4 cm³/mol. The lowest BCUT2D eigenvalue weighted by Gasteiger charge is -2.08. The number of hydrogen-bond acceptors (Lipinski definition) is 6. The predicted octanol–water partition coefficient (Wildman–Crippen LogP) is 1.86. The third-order valence-electron chi connectivity index (χ3n) is 3.63. The molecule has 0 spiro atoms. The normalized spacial score (nSPS) is 11.8. The van der Waals surface area contributed by atoms with Gasteiger partial charge in [-0.3, -0.25) is 0 Å². The van der Waals surface area contributed by atoms with Crippen LogP contribution in [0, 0.1) is 0 Å². The van der Waals surface area contributed by atoms with Crippen molar-refractivity contribution in [1.29, 1.82) is 0 Å². The molecule has 2 heterocycles. The Morgan fingerprint density at radius 2 is 2.00 bits per heavy atom. The van der Waals surface area contributed by atoms with Crippen LogP contribution in [-0.4, -0.2) is 31.0 Å². The van der Waals surface area contributed by atoms with Crippen LogP contribution in [0.4, 0.5) is 5.82 Å². The van der Waals surface area contributed by atoms with Gasteiger partial charge in [-0.25, -0.2) is 15.0 Å². The van der Waals surface area contributed by atoms with E-state index in [0.29, 0.717) is 35.8 Å². The highest BCUT2D eigenvalue weighted by Gasteiger charge is 2.17. The Hall–Kier alpha value is -2.41. The fraction of sp³-hybridized carbons (Fsp3) is 0.267. The van der Waals surface area contributed by atoms with Gasteiger partial charge in [0.1, 0.15) is 18.8 Å². The molecule has 0 saturated heterocycles. The number of anilines is 1. The number of hydrogen-bond donors (Lipinski definition) is 2. The van der Waals surface area contributed by atoms with Gasteiger partial charge in [-0.15, -0.1) is 9.42 Å². The van der Waals surface area contributed by atoms with Gasteiger partial charge >= 0.3 is 8.25 Å². The third-order valence-corrected chi connectivity index (χ3v) is 4.04. The highest BCUT2D eigenvalue weighted by molar-refractivity contribution is 7.32. The Bertz CT molecular complexity index is 853. The van der Waals surface area contributed by atoms with Crippen LogP contribution in [0.15, 0.2) is 36.7 Å². The summed E-state index contributed by atoms with van der Waals surface area (Å²) in [5, 5.41) is 0. The summed E-state index contributed by atoms with van der Waals surface area (Å²) >= 11 is 0. The van der Waals surface area contributed by atoms with Gasteiger partial charge in [0.2, 0.25) is 0 Å². The minimum atomic E-state index is -2.62. The van der Waals surface area contributed by atoms with Gasteiger partial charge in [-0.05, 0) is 12.0 Å². The molecule has 124 valence electrons. The SMILES string of the molecule is Nc1ncnc2c1nc(CCO[P+](=O)O)n2CCc1ccccc1. The summed E-state index contributed by atoms with van der Waals surface area (Å²) in [6.07, 6.45) is 2.59. The summed E-state index contributed by atoms with van der Waals surface area (Å²) < 4.78 is 17.4. The minimum absolute atomic E-state index is 0.0910. The molecular formula is C15H17N5O3P+. The van der Waals surface area contributed by atoms with Crippen molar-refractivity contribution in [1.82, 2.24) is 19.5 Å². The number of aryl methyl sites for hydroxylation is 2. The lowest BCUT2D eigenvalue weighted by molar-refractivity contribution is 0.282. The average Bonchev–Trinajstić information content (AvgIpc) is 2.93. The molecule has 0 aliphatic rings. The Morgan fingerprint density at radius 1 is 1.21 bits per heavy atom. The lowest BCUT2D eigenvalue weighted by atomic mass is 10.1. The van der Waals surface area contributed by atoms with Crippen molar-refractivity contribution in [3.63, 3.8) is 0 Å². The fourth-order valence-corrected chi connectivity index (χ4v) is 2.77. The van der Waals surface area contributed by atoms with Crippen LogP contribution in [0.5, 0.6) is 0 Å². The van der Waals surface area contributed by atoms with Gasteiger partial charge in [0.05, 0.1) is 0 Å². The Labute approximate surface area is 139 Å². The van der Waals surface area contributed by atoms with Crippen LogP contribution in [0.1, 0.15) is 11.4 Å². The van der Waals surface area contributed by atoms with Gasteiger partial charge in [0, 0.05) is 17.5 Å². The average molecular weight is 346 g/mol. The molecule has 8 nitrogen and oxygen atoms in total. The highest BCUT2D eigenvalue weighted by atomic mass is 31.1. The maximum absolute atomic E-state index is 10.7. The van der Waals surface area contributed by atoms with Crippen LogP contribution in [-0.2, 0) is 28.5 Å². The van der Waals surface area contributed by atoms with E-state index in [2.05, 4.69) is 27.1 Å². The zero-order valence-corrected chi connectivity index (χ0v) is 13.8. The molecule has 0 aliphatic carbocycles. The first-order valence-electron chi connectivity index (χ1n) is 7.43. The van der Waals surface area contributed by atoms with Crippen molar-refractivity contribution in [3.8, 4) is 0 Å². The summed E-state index contributed by atoms with van der Waals surface area (Å²) in [5.74, 6) is 1.01. The summed E-state index contributed by atoms with van der Waals surface area (Å²) in [6.45, 7) is 0.755. The van der Waals surface area contributed by atoms with Crippen LogP contribution < -0.4 is 5.73 Å². The molecule has 3 aromatic rings. The fourth-order valence-electron chi connectivity index (χ4n) is 2.53. The molecule has 0 radical (unpaired) electrons. The molecule has 1 aromatic carbocycles. The number of imidazole rings is 1. The Balaban J connectivity index is 1.87. The Kier molecular flexibility index (Phi) is 5.10. The van der Waals surface area contributed by atoms with Crippen LogP contribution in [0.25, 0.3) is 11.2 Å². The topological polar surface area (TPSA) is 116 Å². The molecule has 9 heteroatoms. The first-order chi connectivity index (χ1) is 11.6. The maximum Gasteiger partial charge on any atom is 0.694 e. The smallest absolute Gasteiger partial charge is 0.382 e. The molecule has 3 rings (SSSR count). The number of benzene rings is 1. The van der Waals surface area contributed by atoms with Gasteiger partial charge < -0.3 is 10.3 Å². The highest BCUT2D eigenvalue weighted by Crippen LogP contribution is 2.20. The van der Waals surface area contributed by atoms with Gasteiger partial charge in [0.25, 0.3) is 0 Å². The molecule has 0 saturated carbocycles. The second-order valence-electron chi connectivity index (χ2n) is 5.17. The van der Waals surface area contributed by atoms with E-state index < -0.39 is 8.25 Å². The molecule has 0 amide bonds. The van der Waals surface area contributed by atoms with E-state index in [9.17, 15) is 4.57 Å². The standard InChI is InChI=1S/C15H16N5O3P/c16-14-13-15(18-10-17-14)20(8-6-11-4-2-1-3-5-11)12(19-13)7-9-23-24(21)22/h1-5,10H,6-9H2,(H2-,16,17,18,21,22)/p+1. The third kappa shape index (κ3) is 3.73. The van der Waals surface area contributed by atoms with E-state index in [4.69, 9.17) is 15.2 Å². The molecular weight excluding hydrogens is 329 g/mol. The van der Waals surface area contributed by atoms with Gasteiger partial charge in [-0.1, -0.05) is 30.3 Å². The van der Waals surface area contributed by atoms with E-state index in [1.807, 2.05) is 22.8 Å². The number of rotatable bonds is 7. The molecule has 0 bridgehead atoms. The van der Waals surface area contributed by atoms with Gasteiger partial charge in [0.15, 0.2) is 17.0 Å². The lowest BCUT2D eigenvalue weighted by Crippen LogP contribution is -2.09. The molecule has 1 unspecified atom stereocenters. The summed E-state index contributed by atoms with van der Waals surface area (Å²) in [7, 11) is -2.62. The van der Waals surface area contributed by atoms with Gasteiger partial charge in [-0.2, -0.15) is 0 Å². The van der Waals surface area contributed by atoms with E-state index in [0.717, 1.165) is 6.42 Å². The van der Waals surface area contributed by atoms with Crippen molar-refractivity contribution >= 4 is 25.2 Å². The van der Waals surface area contributed by atoms with Crippen LogP contribution in [0.3, 0.4) is 0 Å². The first-order valence-corrected chi connectivity index (χ1v) is 8.56. The number of nitrogen functional groups attached to an aromatic ring is 1. The molecule has 24 heavy (non-hydrogen) atoms. The summed E-state index contributed by atoms with van der Waals surface area (Å²) in [6, 6.07) is 10.1. The quantitative estimate of drug-likeness (QED) is 0.627. The number of aromatic nitrogens is 4. The van der Waals surface area contributed by atoms with Crippen molar-refractivity contribution in [2.24, 2.45) is 0 Å². The summed E-state index contributed by atoms with van der Waals surface area (Å²) in [4.78, 5) is 21.5. The van der Waals surface area contributed by atoms with E-state index in [1.54, 1.807) is 0 Å². The second kappa shape index (κ2) is 7.44. The molecule has 3 N–H and O–H groups in total. The number of nitrogens with two attached hydrogens (primary N) is 1. The summed E-state index contributed by atoms with van der Waals surface area (Å²) in [5.41, 5.74) is 8.26.